The SMILES string of the molecule is Cc1ccc(S(=O)(=O)Nc2ccc(C(=O)NCCOc3cc(C)cc(C)c3)cc2C)cc1. The van der Waals surface area contributed by atoms with Crippen LogP contribution >= 0.6 is 0 Å². The summed E-state index contributed by atoms with van der Waals surface area (Å²) in [7, 11) is -3.70. The third-order valence-corrected chi connectivity index (χ3v) is 6.30. The average Bonchev–Trinajstić information content (AvgIpc) is 2.72. The van der Waals surface area contributed by atoms with Crippen molar-refractivity contribution in [3.63, 3.8) is 0 Å². The first-order chi connectivity index (χ1) is 15.1. The lowest BCUT2D eigenvalue weighted by Gasteiger charge is -2.13. The minimum Gasteiger partial charge on any atom is -0.492 e. The molecule has 0 bridgehead atoms. The van der Waals surface area contributed by atoms with Gasteiger partial charge in [0.2, 0.25) is 0 Å². The highest BCUT2D eigenvalue weighted by atomic mass is 32.2. The molecule has 0 aromatic heterocycles. The smallest absolute Gasteiger partial charge is 0.261 e. The molecular formula is C25H28N2O4S. The van der Waals surface area contributed by atoms with Crippen molar-refractivity contribution >= 4 is 21.6 Å². The van der Waals surface area contributed by atoms with E-state index in [0.717, 1.165) is 22.4 Å². The lowest BCUT2D eigenvalue weighted by Crippen LogP contribution is -2.28. The molecule has 3 aromatic rings. The summed E-state index contributed by atoms with van der Waals surface area (Å²) in [5.74, 6) is 0.530. The molecule has 2 N–H and O–H groups in total. The fourth-order valence-corrected chi connectivity index (χ4v) is 4.42. The molecule has 0 spiro atoms. The molecule has 32 heavy (non-hydrogen) atoms. The van der Waals surface area contributed by atoms with E-state index in [1.807, 2.05) is 32.9 Å². The second-order valence-corrected chi connectivity index (χ2v) is 9.56. The van der Waals surface area contributed by atoms with E-state index in [4.69, 9.17) is 4.74 Å². The molecule has 3 rings (SSSR count). The molecule has 0 saturated heterocycles. The molecule has 0 aliphatic rings. The Balaban J connectivity index is 1.58. The Morgan fingerprint density at radius 2 is 1.50 bits per heavy atom. The fraction of sp³-hybridized carbons (Fsp3) is 0.240. The van der Waals surface area contributed by atoms with Crippen LogP contribution < -0.4 is 14.8 Å². The summed E-state index contributed by atoms with van der Waals surface area (Å²) in [4.78, 5) is 12.6. The predicted octanol–water partition coefficient (Wildman–Crippen LogP) is 4.53. The van der Waals surface area contributed by atoms with E-state index in [0.29, 0.717) is 30.0 Å². The largest absolute Gasteiger partial charge is 0.492 e. The molecule has 0 aliphatic carbocycles. The predicted molar refractivity (Wildman–Crippen MR) is 127 cm³/mol. The molecule has 0 fully saturated rings. The molecule has 0 aliphatic heterocycles. The summed E-state index contributed by atoms with van der Waals surface area (Å²) in [6, 6.07) is 17.5. The number of sulfonamides is 1. The molecule has 0 unspecified atom stereocenters. The van der Waals surface area contributed by atoms with Gasteiger partial charge in [0.25, 0.3) is 15.9 Å². The third-order valence-electron chi connectivity index (χ3n) is 4.92. The molecule has 0 radical (unpaired) electrons. The van der Waals surface area contributed by atoms with Gasteiger partial charge in [-0.3, -0.25) is 9.52 Å². The second kappa shape index (κ2) is 9.87. The number of benzene rings is 3. The number of amides is 1. The average molecular weight is 453 g/mol. The molecule has 168 valence electrons. The highest BCUT2D eigenvalue weighted by Gasteiger charge is 2.16. The normalized spacial score (nSPS) is 11.1. The Hall–Kier alpha value is -3.32. The number of aryl methyl sites for hydroxylation is 4. The Morgan fingerprint density at radius 3 is 2.12 bits per heavy atom. The monoisotopic (exact) mass is 452 g/mol. The number of hydrogen-bond donors (Lipinski definition) is 2. The quantitative estimate of drug-likeness (QED) is 0.492. The summed E-state index contributed by atoms with van der Waals surface area (Å²) in [5, 5.41) is 2.82. The van der Waals surface area contributed by atoms with Crippen LogP contribution in [-0.2, 0) is 10.0 Å². The van der Waals surface area contributed by atoms with Crippen molar-refractivity contribution in [2.75, 3.05) is 17.9 Å². The first-order valence-electron chi connectivity index (χ1n) is 10.3. The first-order valence-corrected chi connectivity index (χ1v) is 11.8. The van der Waals surface area contributed by atoms with Gasteiger partial charge in [-0.25, -0.2) is 8.42 Å². The third kappa shape index (κ3) is 6.11. The van der Waals surface area contributed by atoms with Gasteiger partial charge in [0.05, 0.1) is 17.1 Å². The second-order valence-electron chi connectivity index (χ2n) is 7.88. The minimum absolute atomic E-state index is 0.188. The number of rotatable bonds is 8. The lowest BCUT2D eigenvalue weighted by atomic mass is 10.1. The van der Waals surface area contributed by atoms with E-state index in [2.05, 4.69) is 16.1 Å². The van der Waals surface area contributed by atoms with Gasteiger partial charge in [-0.15, -0.1) is 0 Å². The molecule has 7 heteroatoms. The van der Waals surface area contributed by atoms with Crippen LogP contribution in [0.25, 0.3) is 0 Å². The minimum atomic E-state index is -3.70. The maximum atomic E-state index is 12.6. The van der Waals surface area contributed by atoms with E-state index < -0.39 is 10.0 Å². The maximum absolute atomic E-state index is 12.6. The Labute approximate surface area is 189 Å². The molecule has 0 atom stereocenters. The Morgan fingerprint density at radius 1 is 0.844 bits per heavy atom. The molecular weight excluding hydrogens is 424 g/mol. The van der Waals surface area contributed by atoms with Crippen LogP contribution in [0.4, 0.5) is 5.69 Å². The van der Waals surface area contributed by atoms with Crippen molar-refractivity contribution in [2.24, 2.45) is 0 Å². The Kier molecular flexibility index (Phi) is 7.20. The van der Waals surface area contributed by atoms with Crippen LogP contribution in [0, 0.1) is 27.7 Å². The van der Waals surface area contributed by atoms with Crippen molar-refractivity contribution in [2.45, 2.75) is 32.6 Å². The number of hydrogen-bond acceptors (Lipinski definition) is 4. The van der Waals surface area contributed by atoms with Crippen LogP contribution in [0.2, 0.25) is 0 Å². The van der Waals surface area contributed by atoms with E-state index in [-0.39, 0.29) is 10.8 Å². The molecule has 6 nitrogen and oxygen atoms in total. The number of carbonyl (C=O) groups is 1. The zero-order chi connectivity index (χ0) is 23.3. The van der Waals surface area contributed by atoms with Crippen LogP contribution in [0.5, 0.6) is 5.75 Å². The van der Waals surface area contributed by atoms with Crippen molar-refractivity contribution in [1.29, 1.82) is 0 Å². The summed E-state index contributed by atoms with van der Waals surface area (Å²) in [5.41, 5.74) is 4.76. The fourth-order valence-electron chi connectivity index (χ4n) is 3.29. The summed E-state index contributed by atoms with van der Waals surface area (Å²) >= 11 is 0. The van der Waals surface area contributed by atoms with Gasteiger partial charge >= 0.3 is 0 Å². The highest BCUT2D eigenvalue weighted by Crippen LogP contribution is 2.21. The van der Waals surface area contributed by atoms with Gasteiger partial charge in [-0.05, 0) is 86.8 Å². The van der Waals surface area contributed by atoms with Gasteiger partial charge in [-0.2, -0.15) is 0 Å². The van der Waals surface area contributed by atoms with Crippen molar-refractivity contribution in [3.05, 3.63) is 88.5 Å². The van der Waals surface area contributed by atoms with Crippen molar-refractivity contribution < 1.29 is 17.9 Å². The number of carbonyl (C=O) groups excluding carboxylic acids is 1. The molecule has 1 amide bonds. The summed E-state index contributed by atoms with van der Waals surface area (Å²) in [6.45, 7) is 8.37. The maximum Gasteiger partial charge on any atom is 0.261 e. The van der Waals surface area contributed by atoms with Crippen LogP contribution in [0.1, 0.15) is 32.6 Å². The van der Waals surface area contributed by atoms with E-state index in [9.17, 15) is 13.2 Å². The van der Waals surface area contributed by atoms with E-state index in [1.165, 1.54) is 0 Å². The van der Waals surface area contributed by atoms with Gasteiger partial charge in [0, 0.05) is 5.56 Å². The standard InChI is InChI=1S/C25H28N2O4S/c1-17-5-8-23(9-6-17)32(29,30)27-24-10-7-21(16-20(24)4)25(28)26-11-12-31-22-14-18(2)13-19(3)15-22/h5-10,13-16,27H,11-12H2,1-4H3,(H,26,28). The van der Waals surface area contributed by atoms with Gasteiger partial charge in [0.1, 0.15) is 12.4 Å². The van der Waals surface area contributed by atoms with Gasteiger partial charge < -0.3 is 10.1 Å². The lowest BCUT2D eigenvalue weighted by molar-refractivity contribution is 0.0947. The summed E-state index contributed by atoms with van der Waals surface area (Å²) in [6.07, 6.45) is 0. The zero-order valence-corrected chi connectivity index (χ0v) is 19.5. The Bertz CT molecular complexity index is 1200. The van der Waals surface area contributed by atoms with Crippen molar-refractivity contribution in [3.8, 4) is 5.75 Å². The van der Waals surface area contributed by atoms with E-state index in [1.54, 1.807) is 49.4 Å². The topological polar surface area (TPSA) is 84.5 Å². The van der Waals surface area contributed by atoms with Crippen LogP contribution in [0.3, 0.4) is 0 Å². The number of nitrogens with one attached hydrogen (secondary N) is 2. The van der Waals surface area contributed by atoms with E-state index >= 15 is 0 Å². The first kappa shape index (κ1) is 23.3. The molecule has 0 heterocycles. The van der Waals surface area contributed by atoms with Crippen molar-refractivity contribution in [1.82, 2.24) is 5.32 Å². The molecule has 3 aromatic carbocycles. The van der Waals surface area contributed by atoms with Gasteiger partial charge in [0.15, 0.2) is 0 Å². The summed E-state index contributed by atoms with van der Waals surface area (Å²) < 4.78 is 33.5. The number of ether oxygens (including phenoxy) is 1. The zero-order valence-electron chi connectivity index (χ0n) is 18.7. The van der Waals surface area contributed by atoms with Crippen LogP contribution in [-0.4, -0.2) is 27.5 Å². The molecule has 0 saturated carbocycles. The highest BCUT2D eigenvalue weighted by molar-refractivity contribution is 7.92. The van der Waals surface area contributed by atoms with Crippen LogP contribution in [0.15, 0.2) is 65.6 Å². The number of anilines is 1. The van der Waals surface area contributed by atoms with Gasteiger partial charge in [-0.1, -0.05) is 23.8 Å².